The lowest BCUT2D eigenvalue weighted by atomic mass is 9.97. The first-order valence-corrected chi connectivity index (χ1v) is 14.1. The second kappa shape index (κ2) is 11.3. The lowest BCUT2D eigenvalue weighted by Gasteiger charge is -2.33. The van der Waals surface area contributed by atoms with Crippen LogP contribution >= 0.6 is 0 Å². The SMILES string of the molecule is Nc1cc(-c2ccnc(Nc3ccc(N4CCOCC4)cc3)n2)ccc1OCC1CCN(C(=O)C2(N)CC2)CC1. The minimum absolute atomic E-state index is 0.108. The maximum atomic E-state index is 12.5. The standard InChI is InChI=1S/C30H37N7O3/c31-25-19-22(1-6-27(25)40-20-21-8-13-37(14-9-21)28(38)30(32)10-11-30)26-7-12-33-29(35-26)34-23-2-4-24(5-3-23)36-15-17-39-18-16-36/h1-7,12,19,21H,8-11,13-18,20,31-32H2,(H,33,34,35). The van der Waals surface area contributed by atoms with E-state index >= 15 is 0 Å². The van der Waals surface area contributed by atoms with Gasteiger partial charge in [0.1, 0.15) is 5.75 Å². The molecule has 1 aliphatic carbocycles. The number of carbonyl (C=O) groups excluding carboxylic acids is 1. The molecule has 5 N–H and O–H groups in total. The average molecular weight is 544 g/mol. The highest BCUT2D eigenvalue weighted by Gasteiger charge is 2.48. The molecule has 0 spiro atoms. The lowest BCUT2D eigenvalue weighted by molar-refractivity contribution is -0.135. The molecule has 10 heteroatoms. The molecule has 6 rings (SSSR count). The van der Waals surface area contributed by atoms with E-state index in [0.717, 1.165) is 82.0 Å². The Hall–Kier alpha value is -3.89. The van der Waals surface area contributed by atoms with Gasteiger partial charge >= 0.3 is 0 Å². The number of nitrogens with one attached hydrogen (secondary N) is 1. The molecule has 3 heterocycles. The van der Waals surface area contributed by atoms with Gasteiger partial charge in [-0.25, -0.2) is 9.97 Å². The highest BCUT2D eigenvalue weighted by Crippen LogP contribution is 2.35. The third-order valence-corrected chi connectivity index (χ3v) is 8.05. The first-order chi connectivity index (χ1) is 19.5. The number of hydrogen-bond donors (Lipinski definition) is 3. The molecule has 2 aromatic carbocycles. The summed E-state index contributed by atoms with van der Waals surface area (Å²) in [6, 6.07) is 15.9. The van der Waals surface area contributed by atoms with Gasteiger partial charge in [0.15, 0.2) is 0 Å². The first-order valence-electron chi connectivity index (χ1n) is 14.1. The van der Waals surface area contributed by atoms with Gasteiger partial charge in [-0.3, -0.25) is 4.79 Å². The molecule has 3 fully saturated rings. The van der Waals surface area contributed by atoms with Gasteiger partial charge < -0.3 is 36.1 Å². The molecule has 3 aliphatic rings. The van der Waals surface area contributed by atoms with Crippen molar-refractivity contribution in [3.63, 3.8) is 0 Å². The second-order valence-electron chi connectivity index (χ2n) is 11.0. The van der Waals surface area contributed by atoms with Crippen molar-refractivity contribution in [1.82, 2.24) is 14.9 Å². The van der Waals surface area contributed by atoms with Crippen molar-refractivity contribution in [3.05, 3.63) is 54.7 Å². The van der Waals surface area contributed by atoms with Crippen LogP contribution in [0.4, 0.5) is 23.0 Å². The van der Waals surface area contributed by atoms with E-state index in [1.54, 1.807) is 6.20 Å². The Morgan fingerprint density at radius 2 is 1.80 bits per heavy atom. The third-order valence-electron chi connectivity index (χ3n) is 8.05. The number of ether oxygens (including phenoxy) is 2. The van der Waals surface area contributed by atoms with Crippen LogP contribution in [0, 0.1) is 5.92 Å². The zero-order valence-corrected chi connectivity index (χ0v) is 22.7. The van der Waals surface area contributed by atoms with E-state index in [-0.39, 0.29) is 5.91 Å². The van der Waals surface area contributed by atoms with Gasteiger partial charge in [0.2, 0.25) is 11.9 Å². The smallest absolute Gasteiger partial charge is 0.242 e. The summed E-state index contributed by atoms with van der Waals surface area (Å²) in [5.41, 5.74) is 16.2. The van der Waals surface area contributed by atoms with Crippen molar-refractivity contribution >= 4 is 28.9 Å². The van der Waals surface area contributed by atoms with E-state index in [0.29, 0.717) is 29.9 Å². The van der Waals surface area contributed by atoms with Crippen molar-refractivity contribution in [2.75, 3.05) is 62.0 Å². The maximum absolute atomic E-state index is 12.5. The minimum Gasteiger partial charge on any atom is -0.491 e. The van der Waals surface area contributed by atoms with Gasteiger partial charge in [0.05, 0.1) is 36.7 Å². The number of piperidine rings is 1. The lowest BCUT2D eigenvalue weighted by Crippen LogP contribution is -2.49. The molecule has 1 saturated carbocycles. The molecule has 2 saturated heterocycles. The molecule has 0 bridgehead atoms. The van der Waals surface area contributed by atoms with Gasteiger partial charge in [0, 0.05) is 49.3 Å². The number of likely N-dealkylation sites (tertiary alicyclic amines) is 1. The topological polar surface area (TPSA) is 132 Å². The van der Waals surface area contributed by atoms with Crippen LogP contribution in [0.3, 0.4) is 0 Å². The van der Waals surface area contributed by atoms with Crippen molar-refractivity contribution in [3.8, 4) is 17.0 Å². The number of hydrogen-bond acceptors (Lipinski definition) is 9. The van der Waals surface area contributed by atoms with Crippen LogP contribution in [0.25, 0.3) is 11.3 Å². The van der Waals surface area contributed by atoms with Gasteiger partial charge in [-0.1, -0.05) is 0 Å². The van der Waals surface area contributed by atoms with Crippen LogP contribution in [0.2, 0.25) is 0 Å². The summed E-state index contributed by atoms with van der Waals surface area (Å²) in [6.45, 7) is 5.38. The molecule has 40 heavy (non-hydrogen) atoms. The second-order valence-corrected chi connectivity index (χ2v) is 11.0. The number of morpholine rings is 1. The number of carbonyl (C=O) groups is 1. The molecule has 0 radical (unpaired) electrons. The molecular formula is C30H37N7O3. The van der Waals surface area contributed by atoms with Crippen LogP contribution in [0.1, 0.15) is 25.7 Å². The van der Waals surface area contributed by atoms with E-state index in [9.17, 15) is 4.79 Å². The highest BCUT2D eigenvalue weighted by atomic mass is 16.5. The summed E-state index contributed by atoms with van der Waals surface area (Å²) in [4.78, 5) is 25.8. The number of anilines is 4. The summed E-state index contributed by atoms with van der Waals surface area (Å²) >= 11 is 0. The molecule has 1 amide bonds. The third kappa shape index (κ3) is 5.97. The van der Waals surface area contributed by atoms with Gasteiger partial charge in [0.25, 0.3) is 0 Å². The molecule has 2 aliphatic heterocycles. The highest BCUT2D eigenvalue weighted by molar-refractivity contribution is 5.89. The molecule has 0 unspecified atom stereocenters. The Morgan fingerprint density at radius 1 is 1.05 bits per heavy atom. The number of benzene rings is 2. The van der Waals surface area contributed by atoms with Crippen LogP contribution in [-0.4, -0.2) is 72.3 Å². The monoisotopic (exact) mass is 543 g/mol. The average Bonchev–Trinajstić information content (AvgIpc) is 3.75. The number of nitrogen functional groups attached to an aromatic ring is 1. The molecule has 210 valence electrons. The normalized spacial score (nSPS) is 18.8. The Morgan fingerprint density at radius 3 is 2.50 bits per heavy atom. The zero-order valence-electron chi connectivity index (χ0n) is 22.7. The molecule has 0 atom stereocenters. The summed E-state index contributed by atoms with van der Waals surface area (Å²) < 4.78 is 11.5. The van der Waals surface area contributed by atoms with Crippen molar-refractivity contribution in [2.45, 2.75) is 31.2 Å². The summed E-state index contributed by atoms with van der Waals surface area (Å²) in [5, 5.41) is 3.30. The number of amides is 1. The van der Waals surface area contributed by atoms with Crippen molar-refractivity contribution in [2.24, 2.45) is 11.7 Å². The van der Waals surface area contributed by atoms with E-state index < -0.39 is 5.54 Å². The van der Waals surface area contributed by atoms with E-state index in [4.69, 9.17) is 25.9 Å². The number of nitrogens with zero attached hydrogens (tertiary/aromatic N) is 4. The number of aromatic nitrogens is 2. The van der Waals surface area contributed by atoms with E-state index in [1.807, 2.05) is 41.3 Å². The zero-order chi connectivity index (χ0) is 27.5. The van der Waals surface area contributed by atoms with Crippen LogP contribution in [-0.2, 0) is 9.53 Å². The van der Waals surface area contributed by atoms with Crippen LogP contribution < -0.4 is 26.4 Å². The number of rotatable bonds is 8. The van der Waals surface area contributed by atoms with Crippen molar-refractivity contribution < 1.29 is 14.3 Å². The first kappa shape index (κ1) is 26.3. The fourth-order valence-electron chi connectivity index (χ4n) is 5.30. The van der Waals surface area contributed by atoms with Gasteiger partial charge in [-0.15, -0.1) is 0 Å². The Bertz CT molecular complexity index is 1330. The quantitative estimate of drug-likeness (QED) is 0.366. The van der Waals surface area contributed by atoms with Crippen molar-refractivity contribution in [1.29, 1.82) is 0 Å². The summed E-state index contributed by atoms with van der Waals surface area (Å²) in [5.74, 6) is 1.67. The largest absolute Gasteiger partial charge is 0.491 e. The fraction of sp³-hybridized carbons (Fsp3) is 0.433. The Balaban J connectivity index is 1.03. The Kier molecular flexibility index (Phi) is 7.44. The fourth-order valence-corrected chi connectivity index (χ4v) is 5.30. The van der Waals surface area contributed by atoms with Gasteiger partial charge in [-0.2, -0.15) is 0 Å². The summed E-state index contributed by atoms with van der Waals surface area (Å²) in [6.07, 6.45) is 5.17. The molecule has 3 aromatic rings. The van der Waals surface area contributed by atoms with Crippen LogP contribution in [0.5, 0.6) is 5.75 Å². The van der Waals surface area contributed by atoms with Crippen LogP contribution in [0.15, 0.2) is 54.7 Å². The predicted octanol–water partition coefficient (Wildman–Crippen LogP) is 3.41. The van der Waals surface area contributed by atoms with Gasteiger partial charge in [-0.05, 0) is 80.1 Å². The predicted molar refractivity (Wildman–Crippen MR) is 156 cm³/mol. The molecular weight excluding hydrogens is 506 g/mol. The summed E-state index contributed by atoms with van der Waals surface area (Å²) in [7, 11) is 0. The van der Waals surface area contributed by atoms with E-state index in [2.05, 4.69) is 27.3 Å². The minimum atomic E-state index is -0.589. The Labute approximate surface area is 234 Å². The van der Waals surface area contributed by atoms with E-state index in [1.165, 1.54) is 5.69 Å². The maximum Gasteiger partial charge on any atom is 0.242 e. The number of nitrogens with two attached hydrogens (primary N) is 2. The molecule has 10 nitrogen and oxygen atoms in total. The molecule has 1 aromatic heterocycles.